The van der Waals surface area contributed by atoms with E-state index in [1.54, 1.807) is 24.5 Å². The van der Waals surface area contributed by atoms with Gasteiger partial charge in [0, 0.05) is 36.5 Å². The maximum absolute atomic E-state index is 12.3. The Morgan fingerprint density at radius 3 is 2.77 bits per heavy atom. The number of rotatable bonds is 6. The van der Waals surface area contributed by atoms with Crippen molar-refractivity contribution in [2.75, 3.05) is 6.61 Å². The standard InChI is InChI=1S/C20H24N2O4/c1-14-10-17(20(23)22-26-18-7-3-4-9-24-18)11-15(2)19(14)25-13-16-6-5-8-21-12-16/h5-6,8,10-12,18H,3-4,7,9,13H2,1-2H3,(H,22,23). The number of pyridine rings is 1. The quantitative estimate of drug-likeness (QED) is 0.803. The topological polar surface area (TPSA) is 69.7 Å². The lowest BCUT2D eigenvalue weighted by Gasteiger charge is -2.22. The van der Waals surface area contributed by atoms with Gasteiger partial charge in [0.15, 0.2) is 6.29 Å². The van der Waals surface area contributed by atoms with E-state index in [4.69, 9.17) is 14.3 Å². The Bertz CT molecular complexity index is 720. The Labute approximate surface area is 153 Å². The fourth-order valence-corrected chi connectivity index (χ4v) is 2.93. The van der Waals surface area contributed by atoms with Crippen molar-refractivity contribution in [1.29, 1.82) is 0 Å². The molecule has 1 unspecified atom stereocenters. The first-order chi connectivity index (χ1) is 12.6. The molecule has 6 nitrogen and oxygen atoms in total. The first kappa shape index (κ1) is 18.4. The fraction of sp³-hybridized carbons (Fsp3) is 0.400. The summed E-state index contributed by atoms with van der Waals surface area (Å²) in [5.74, 6) is 0.492. The number of benzene rings is 1. The van der Waals surface area contributed by atoms with Gasteiger partial charge in [-0.25, -0.2) is 10.3 Å². The van der Waals surface area contributed by atoms with Crippen molar-refractivity contribution < 1.29 is 19.1 Å². The highest BCUT2D eigenvalue weighted by molar-refractivity contribution is 5.94. The van der Waals surface area contributed by atoms with Gasteiger partial charge in [0.1, 0.15) is 12.4 Å². The largest absolute Gasteiger partial charge is 0.488 e. The molecule has 0 bridgehead atoms. The lowest BCUT2D eigenvalue weighted by molar-refractivity contribution is -0.186. The van der Waals surface area contributed by atoms with Gasteiger partial charge in [-0.3, -0.25) is 9.78 Å². The zero-order valence-electron chi connectivity index (χ0n) is 15.2. The van der Waals surface area contributed by atoms with Gasteiger partial charge in [0.05, 0.1) is 0 Å². The Hall–Kier alpha value is -2.44. The van der Waals surface area contributed by atoms with Crippen molar-refractivity contribution in [3.63, 3.8) is 0 Å². The summed E-state index contributed by atoms with van der Waals surface area (Å²) in [6, 6.07) is 7.43. The van der Waals surface area contributed by atoms with Crippen molar-refractivity contribution in [2.45, 2.75) is 46.0 Å². The van der Waals surface area contributed by atoms with Crippen LogP contribution >= 0.6 is 0 Å². The monoisotopic (exact) mass is 356 g/mol. The number of nitrogens with one attached hydrogen (secondary N) is 1. The SMILES string of the molecule is Cc1cc(C(=O)NOC2CCCCO2)cc(C)c1OCc1cccnc1. The molecule has 1 saturated heterocycles. The smallest absolute Gasteiger partial charge is 0.274 e. The number of ether oxygens (including phenoxy) is 2. The van der Waals surface area contributed by atoms with Crippen molar-refractivity contribution in [3.8, 4) is 5.75 Å². The number of carbonyl (C=O) groups excluding carboxylic acids is 1. The number of amides is 1. The van der Waals surface area contributed by atoms with Crippen molar-refractivity contribution in [2.24, 2.45) is 0 Å². The maximum Gasteiger partial charge on any atom is 0.274 e. The van der Waals surface area contributed by atoms with E-state index in [1.165, 1.54) is 0 Å². The molecule has 1 aliphatic heterocycles. The number of aryl methyl sites for hydroxylation is 2. The molecule has 1 amide bonds. The third kappa shape index (κ3) is 4.80. The molecular formula is C20H24N2O4. The van der Waals surface area contributed by atoms with Crippen LogP contribution in [0.25, 0.3) is 0 Å². The van der Waals surface area contributed by atoms with E-state index in [1.807, 2.05) is 26.0 Å². The van der Waals surface area contributed by atoms with E-state index in [0.29, 0.717) is 18.8 Å². The average molecular weight is 356 g/mol. The molecule has 0 aliphatic carbocycles. The Morgan fingerprint density at radius 1 is 1.31 bits per heavy atom. The minimum absolute atomic E-state index is 0.288. The van der Waals surface area contributed by atoms with Gasteiger partial charge in [0.25, 0.3) is 5.91 Å². The van der Waals surface area contributed by atoms with Crippen LogP contribution in [0.15, 0.2) is 36.7 Å². The molecule has 1 N–H and O–H groups in total. The lowest BCUT2D eigenvalue weighted by Crippen LogP contribution is -2.33. The molecule has 1 aliphatic rings. The molecule has 138 valence electrons. The number of nitrogens with zero attached hydrogens (tertiary/aromatic N) is 1. The fourth-order valence-electron chi connectivity index (χ4n) is 2.93. The predicted molar refractivity (Wildman–Crippen MR) is 96.6 cm³/mol. The van der Waals surface area contributed by atoms with Crippen LogP contribution in [0.3, 0.4) is 0 Å². The molecule has 1 fully saturated rings. The van der Waals surface area contributed by atoms with Gasteiger partial charge in [0.2, 0.25) is 0 Å². The van der Waals surface area contributed by atoms with Gasteiger partial charge >= 0.3 is 0 Å². The third-order valence-corrected chi connectivity index (χ3v) is 4.25. The van der Waals surface area contributed by atoms with E-state index in [9.17, 15) is 4.79 Å². The summed E-state index contributed by atoms with van der Waals surface area (Å²) in [6.45, 7) is 4.95. The highest BCUT2D eigenvalue weighted by Gasteiger charge is 2.17. The minimum Gasteiger partial charge on any atom is -0.488 e. The molecule has 2 heterocycles. The van der Waals surface area contributed by atoms with Gasteiger partial charge in [-0.15, -0.1) is 0 Å². The molecule has 26 heavy (non-hydrogen) atoms. The van der Waals surface area contributed by atoms with Crippen LogP contribution in [0, 0.1) is 13.8 Å². The summed E-state index contributed by atoms with van der Waals surface area (Å²) >= 11 is 0. The van der Waals surface area contributed by atoms with Gasteiger partial charge in [-0.05, 0) is 56.0 Å². The van der Waals surface area contributed by atoms with E-state index in [-0.39, 0.29) is 12.2 Å². The highest BCUT2D eigenvalue weighted by atomic mass is 16.8. The summed E-state index contributed by atoms with van der Waals surface area (Å²) in [5.41, 5.74) is 5.81. The summed E-state index contributed by atoms with van der Waals surface area (Å²) in [4.78, 5) is 21.8. The van der Waals surface area contributed by atoms with E-state index in [0.717, 1.165) is 41.7 Å². The first-order valence-corrected chi connectivity index (χ1v) is 8.84. The summed E-state index contributed by atoms with van der Waals surface area (Å²) in [6.07, 6.45) is 6.01. The third-order valence-electron chi connectivity index (χ3n) is 4.25. The van der Waals surface area contributed by atoms with Crippen LogP contribution in [-0.2, 0) is 16.2 Å². The van der Waals surface area contributed by atoms with Crippen LogP contribution in [0.5, 0.6) is 5.75 Å². The predicted octanol–water partition coefficient (Wildman–Crippen LogP) is 3.47. The van der Waals surface area contributed by atoms with Crippen molar-refractivity contribution >= 4 is 5.91 Å². The maximum atomic E-state index is 12.3. The van der Waals surface area contributed by atoms with Crippen LogP contribution in [0.1, 0.15) is 46.3 Å². The highest BCUT2D eigenvalue weighted by Crippen LogP contribution is 2.26. The molecule has 2 aromatic rings. The van der Waals surface area contributed by atoms with Gasteiger partial charge in [-0.2, -0.15) is 0 Å². The Balaban J connectivity index is 1.61. The van der Waals surface area contributed by atoms with Crippen LogP contribution in [0.4, 0.5) is 0 Å². The number of hydroxylamine groups is 1. The zero-order valence-corrected chi connectivity index (χ0v) is 15.2. The summed E-state index contributed by atoms with van der Waals surface area (Å²) in [7, 11) is 0. The number of hydrogen-bond acceptors (Lipinski definition) is 5. The second kappa shape index (κ2) is 8.78. The minimum atomic E-state index is -0.364. The lowest BCUT2D eigenvalue weighted by atomic mass is 10.1. The number of aromatic nitrogens is 1. The van der Waals surface area contributed by atoms with Crippen molar-refractivity contribution in [3.05, 3.63) is 58.9 Å². The molecule has 1 aromatic carbocycles. The Kier molecular flexibility index (Phi) is 6.20. The molecule has 3 rings (SSSR count). The Morgan fingerprint density at radius 2 is 2.12 bits per heavy atom. The molecule has 1 aromatic heterocycles. The molecular weight excluding hydrogens is 332 g/mol. The first-order valence-electron chi connectivity index (χ1n) is 8.84. The number of carbonyl (C=O) groups is 1. The molecule has 1 atom stereocenters. The van der Waals surface area contributed by atoms with Crippen LogP contribution in [0.2, 0.25) is 0 Å². The van der Waals surface area contributed by atoms with E-state index < -0.39 is 0 Å². The average Bonchev–Trinajstić information content (AvgIpc) is 2.67. The van der Waals surface area contributed by atoms with Gasteiger partial charge < -0.3 is 9.47 Å². The van der Waals surface area contributed by atoms with E-state index in [2.05, 4.69) is 10.5 Å². The van der Waals surface area contributed by atoms with Crippen LogP contribution < -0.4 is 10.2 Å². The molecule has 0 radical (unpaired) electrons. The molecule has 0 saturated carbocycles. The summed E-state index contributed by atoms with van der Waals surface area (Å²) < 4.78 is 11.4. The van der Waals surface area contributed by atoms with E-state index >= 15 is 0 Å². The second-order valence-corrected chi connectivity index (χ2v) is 6.43. The number of hydrogen-bond donors (Lipinski definition) is 1. The normalized spacial score (nSPS) is 16.9. The van der Waals surface area contributed by atoms with Crippen LogP contribution in [-0.4, -0.2) is 23.8 Å². The van der Waals surface area contributed by atoms with Gasteiger partial charge in [-0.1, -0.05) is 6.07 Å². The summed E-state index contributed by atoms with van der Waals surface area (Å²) in [5, 5.41) is 0. The molecule has 6 heteroatoms. The van der Waals surface area contributed by atoms with Crippen molar-refractivity contribution in [1.82, 2.24) is 10.5 Å². The molecule has 0 spiro atoms. The second-order valence-electron chi connectivity index (χ2n) is 6.43. The zero-order chi connectivity index (χ0) is 18.4.